The standard InChI is InChI=1S/C12H14O4/c1-3-9(13)12(14)8-5-11-10(4-7(8)2)15-6-16-11/h4-5,12,14H,3,6H2,1-2H3. The summed E-state index contributed by atoms with van der Waals surface area (Å²) >= 11 is 0. The highest BCUT2D eigenvalue weighted by atomic mass is 16.7. The molecule has 1 N–H and O–H groups in total. The molecule has 0 saturated carbocycles. The second-order valence-electron chi connectivity index (χ2n) is 3.78. The number of ketones is 1. The largest absolute Gasteiger partial charge is 0.454 e. The molecule has 0 radical (unpaired) electrons. The van der Waals surface area contributed by atoms with Crippen molar-refractivity contribution >= 4 is 5.78 Å². The van der Waals surface area contributed by atoms with Crippen molar-refractivity contribution < 1.29 is 19.4 Å². The van der Waals surface area contributed by atoms with Crippen LogP contribution in [0.1, 0.15) is 30.6 Å². The summed E-state index contributed by atoms with van der Waals surface area (Å²) in [6.45, 7) is 3.76. The molecule has 1 aliphatic heterocycles. The average Bonchev–Trinajstić information content (AvgIpc) is 2.72. The molecular weight excluding hydrogens is 208 g/mol. The second-order valence-corrected chi connectivity index (χ2v) is 3.78. The van der Waals surface area contributed by atoms with E-state index in [1.165, 1.54) is 0 Å². The predicted octanol–water partition coefficient (Wildman–Crippen LogP) is 1.74. The molecule has 1 heterocycles. The SMILES string of the molecule is CCC(=O)C(O)c1cc2c(cc1C)OCO2. The number of aliphatic hydroxyl groups excluding tert-OH is 1. The van der Waals surface area contributed by atoms with Gasteiger partial charge in [-0.1, -0.05) is 6.92 Å². The lowest BCUT2D eigenvalue weighted by Gasteiger charge is -2.12. The van der Waals surface area contributed by atoms with Gasteiger partial charge in [-0.25, -0.2) is 0 Å². The van der Waals surface area contributed by atoms with Gasteiger partial charge in [-0.2, -0.15) is 0 Å². The summed E-state index contributed by atoms with van der Waals surface area (Å²) in [5.41, 5.74) is 1.43. The number of carbonyl (C=O) groups is 1. The van der Waals surface area contributed by atoms with Crippen molar-refractivity contribution in [3.63, 3.8) is 0 Å². The number of aryl methyl sites for hydroxylation is 1. The first kappa shape index (κ1) is 11.0. The Labute approximate surface area is 93.8 Å². The second kappa shape index (κ2) is 4.14. The predicted molar refractivity (Wildman–Crippen MR) is 57.6 cm³/mol. The van der Waals surface area contributed by atoms with E-state index in [4.69, 9.17) is 9.47 Å². The molecule has 16 heavy (non-hydrogen) atoms. The van der Waals surface area contributed by atoms with E-state index in [9.17, 15) is 9.90 Å². The zero-order valence-corrected chi connectivity index (χ0v) is 9.32. The Kier molecular flexibility index (Phi) is 2.83. The minimum absolute atomic E-state index is 0.191. The molecular formula is C12H14O4. The van der Waals surface area contributed by atoms with Gasteiger partial charge < -0.3 is 14.6 Å². The molecule has 0 spiro atoms. The van der Waals surface area contributed by atoms with E-state index in [2.05, 4.69) is 0 Å². The molecule has 1 aromatic rings. The minimum Gasteiger partial charge on any atom is -0.454 e. The molecule has 2 rings (SSSR count). The minimum atomic E-state index is -1.07. The molecule has 0 amide bonds. The number of rotatable bonds is 3. The Morgan fingerprint density at radius 1 is 1.44 bits per heavy atom. The molecule has 0 aliphatic carbocycles. The van der Waals surface area contributed by atoms with Crippen LogP contribution in [0.4, 0.5) is 0 Å². The highest BCUT2D eigenvalue weighted by Crippen LogP contribution is 2.36. The number of benzene rings is 1. The lowest BCUT2D eigenvalue weighted by Crippen LogP contribution is -2.11. The summed E-state index contributed by atoms with van der Waals surface area (Å²) in [5.74, 6) is 1.06. The van der Waals surface area contributed by atoms with Crippen molar-refractivity contribution in [1.29, 1.82) is 0 Å². The van der Waals surface area contributed by atoms with Crippen molar-refractivity contribution in [2.24, 2.45) is 0 Å². The summed E-state index contributed by atoms with van der Waals surface area (Å²) in [7, 11) is 0. The normalized spacial score (nSPS) is 14.9. The Balaban J connectivity index is 2.38. The van der Waals surface area contributed by atoms with Gasteiger partial charge >= 0.3 is 0 Å². The topological polar surface area (TPSA) is 55.8 Å². The fourth-order valence-electron chi connectivity index (χ4n) is 1.72. The summed E-state index contributed by atoms with van der Waals surface area (Å²) in [6, 6.07) is 3.46. The van der Waals surface area contributed by atoms with E-state index in [1.54, 1.807) is 19.1 Å². The summed E-state index contributed by atoms with van der Waals surface area (Å²) in [4.78, 5) is 11.4. The Morgan fingerprint density at radius 3 is 2.69 bits per heavy atom. The fourth-order valence-corrected chi connectivity index (χ4v) is 1.72. The number of carbonyl (C=O) groups excluding carboxylic acids is 1. The molecule has 86 valence electrons. The van der Waals surface area contributed by atoms with E-state index in [-0.39, 0.29) is 12.6 Å². The quantitative estimate of drug-likeness (QED) is 0.846. The van der Waals surface area contributed by atoms with Crippen molar-refractivity contribution in [3.05, 3.63) is 23.3 Å². The van der Waals surface area contributed by atoms with E-state index in [0.717, 1.165) is 5.56 Å². The molecule has 0 aromatic heterocycles. The van der Waals surface area contributed by atoms with Crippen LogP contribution in [0.2, 0.25) is 0 Å². The summed E-state index contributed by atoms with van der Waals surface area (Å²) < 4.78 is 10.4. The maximum absolute atomic E-state index is 11.4. The highest BCUT2D eigenvalue weighted by Gasteiger charge is 2.22. The van der Waals surface area contributed by atoms with Gasteiger partial charge in [0.05, 0.1) is 0 Å². The van der Waals surface area contributed by atoms with Crippen LogP contribution < -0.4 is 9.47 Å². The van der Waals surface area contributed by atoms with Crippen molar-refractivity contribution in [2.75, 3.05) is 6.79 Å². The van der Waals surface area contributed by atoms with Gasteiger partial charge in [0.25, 0.3) is 0 Å². The average molecular weight is 222 g/mol. The number of Topliss-reactive ketones (excluding diaryl/α,β-unsaturated/α-hetero) is 1. The molecule has 1 aliphatic rings. The van der Waals surface area contributed by atoms with Gasteiger partial charge in [0.1, 0.15) is 6.10 Å². The molecule has 0 fully saturated rings. The van der Waals surface area contributed by atoms with Gasteiger partial charge in [0, 0.05) is 6.42 Å². The van der Waals surface area contributed by atoms with Crippen LogP contribution in [-0.4, -0.2) is 17.7 Å². The Hall–Kier alpha value is -1.55. The number of hydrogen-bond donors (Lipinski definition) is 1. The zero-order chi connectivity index (χ0) is 11.7. The molecule has 1 aromatic carbocycles. The number of fused-ring (bicyclic) bond motifs is 1. The summed E-state index contributed by atoms with van der Waals surface area (Å²) in [6.07, 6.45) is -0.755. The zero-order valence-electron chi connectivity index (χ0n) is 9.32. The third kappa shape index (κ3) is 1.76. The van der Waals surface area contributed by atoms with Gasteiger partial charge in [-0.05, 0) is 30.2 Å². The van der Waals surface area contributed by atoms with Gasteiger partial charge in [0.15, 0.2) is 17.3 Å². The first-order valence-corrected chi connectivity index (χ1v) is 5.24. The van der Waals surface area contributed by atoms with E-state index in [0.29, 0.717) is 23.5 Å². The Morgan fingerprint density at radius 2 is 2.06 bits per heavy atom. The van der Waals surface area contributed by atoms with Gasteiger partial charge in [-0.15, -0.1) is 0 Å². The van der Waals surface area contributed by atoms with Crippen molar-refractivity contribution in [2.45, 2.75) is 26.4 Å². The van der Waals surface area contributed by atoms with Crippen LogP contribution in [0.15, 0.2) is 12.1 Å². The van der Waals surface area contributed by atoms with Crippen LogP contribution in [0.3, 0.4) is 0 Å². The lowest BCUT2D eigenvalue weighted by molar-refractivity contribution is -0.127. The van der Waals surface area contributed by atoms with E-state index < -0.39 is 6.10 Å². The van der Waals surface area contributed by atoms with Crippen LogP contribution in [0.25, 0.3) is 0 Å². The van der Waals surface area contributed by atoms with E-state index in [1.807, 2.05) is 6.92 Å². The maximum atomic E-state index is 11.4. The van der Waals surface area contributed by atoms with Crippen LogP contribution >= 0.6 is 0 Å². The summed E-state index contributed by atoms with van der Waals surface area (Å²) in [5, 5.41) is 9.86. The number of hydrogen-bond acceptors (Lipinski definition) is 4. The maximum Gasteiger partial charge on any atom is 0.231 e. The third-order valence-electron chi connectivity index (χ3n) is 2.71. The molecule has 1 atom stereocenters. The first-order valence-electron chi connectivity index (χ1n) is 5.24. The van der Waals surface area contributed by atoms with Crippen molar-refractivity contribution in [3.8, 4) is 11.5 Å². The smallest absolute Gasteiger partial charge is 0.231 e. The van der Waals surface area contributed by atoms with Crippen LogP contribution in [-0.2, 0) is 4.79 Å². The monoisotopic (exact) mass is 222 g/mol. The van der Waals surface area contributed by atoms with Crippen molar-refractivity contribution in [1.82, 2.24) is 0 Å². The van der Waals surface area contributed by atoms with E-state index >= 15 is 0 Å². The van der Waals surface area contributed by atoms with Crippen LogP contribution in [0, 0.1) is 6.92 Å². The molecule has 4 nitrogen and oxygen atoms in total. The van der Waals surface area contributed by atoms with Gasteiger partial charge in [0.2, 0.25) is 6.79 Å². The molecule has 1 unspecified atom stereocenters. The van der Waals surface area contributed by atoms with Gasteiger partial charge in [-0.3, -0.25) is 4.79 Å². The molecule has 0 saturated heterocycles. The fraction of sp³-hybridized carbons (Fsp3) is 0.417. The lowest BCUT2D eigenvalue weighted by atomic mass is 9.98. The number of aliphatic hydroxyl groups is 1. The Bertz CT molecular complexity index is 425. The first-order chi connectivity index (χ1) is 7.63. The third-order valence-corrected chi connectivity index (χ3v) is 2.71. The molecule has 4 heteroatoms. The molecule has 0 bridgehead atoms. The van der Waals surface area contributed by atoms with Crippen LogP contribution in [0.5, 0.6) is 11.5 Å². The highest BCUT2D eigenvalue weighted by molar-refractivity contribution is 5.84. The number of ether oxygens (including phenoxy) is 2.